The van der Waals surface area contributed by atoms with Crippen molar-refractivity contribution in [2.75, 3.05) is 62.8 Å². The van der Waals surface area contributed by atoms with Crippen LogP contribution < -0.4 is 10.2 Å². The summed E-state index contributed by atoms with van der Waals surface area (Å²) in [5.74, 6) is 0.806. The number of amides is 1. The number of benzene rings is 1. The van der Waals surface area contributed by atoms with Crippen LogP contribution >= 0.6 is 0 Å². The van der Waals surface area contributed by atoms with Crippen LogP contribution in [0.5, 0.6) is 0 Å². The Kier molecular flexibility index (Phi) is 6.19. The van der Waals surface area contributed by atoms with Gasteiger partial charge in [0.05, 0.1) is 24.9 Å². The summed E-state index contributed by atoms with van der Waals surface area (Å²) < 4.78 is 11.1. The molecule has 1 aliphatic carbocycles. The first-order valence-electron chi connectivity index (χ1n) is 13.5. The van der Waals surface area contributed by atoms with E-state index in [0.717, 1.165) is 75.8 Å². The number of nitrogens with zero attached hydrogens (tertiary/aromatic N) is 3. The van der Waals surface area contributed by atoms with E-state index < -0.39 is 6.10 Å². The number of ether oxygens (including phenoxy) is 2. The molecule has 8 nitrogen and oxygen atoms in total. The van der Waals surface area contributed by atoms with Crippen molar-refractivity contribution in [2.24, 2.45) is 11.3 Å². The van der Waals surface area contributed by atoms with Crippen LogP contribution in [0.4, 0.5) is 11.5 Å². The van der Waals surface area contributed by atoms with Crippen LogP contribution in [0.25, 0.3) is 10.8 Å². The smallest absolute Gasteiger partial charge is 0.229 e. The van der Waals surface area contributed by atoms with E-state index in [9.17, 15) is 9.90 Å². The Balaban J connectivity index is 1.18. The highest BCUT2D eigenvalue weighted by molar-refractivity contribution is 5.97. The Morgan fingerprint density at radius 2 is 1.92 bits per heavy atom. The largest absolute Gasteiger partial charge is 0.389 e. The summed E-state index contributed by atoms with van der Waals surface area (Å²) in [5.41, 5.74) is 2.42. The first-order chi connectivity index (χ1) is 17.4. The molecule has 8 heteroatoms. The molecule has 3 saturated heterocycles. The van der Waals surface area contributed by atoms with E-state index >= 15 is 0 Å². The molecule has 0 bridgehead atoms. The summed E-state index contributed by atoms with van der Waals surface area (Å²) in [6.45, 7) is 10.4. The third-order valence-electron chi connectivity index (χ3n) is 9.28. The second-order valence-electron chi connectivity index (χ2n) is 11.3. The molecule has 1 aromatic heterocycles. The molecule has 2 aromatic rings. The lowest BCUT2D eigenvalue weighted by Crippen LogP contribution is -2.60. The molecular weight excluding hydrogens is 456 g/mol. The van der Waals surface area contributed by atoms with E-state index in [4.69, 9.17) is 9.47 Å². The number of carbonyl (C=O) groups excluding carboxylic acids is 1. The van der Waals surface area contributed by atoms with E-state index in [-0.39, 0.29) is 22.8 Å². The van der Waals surface area contributed by atoms with Crippen LogP contribution in [0, 0.1) is 11.3 Å². The highest BCUT2D eigenvalue weighted by Gasteiger charge is 2.58. The molecule has 6 rings (SSSR count). The average molecular weight is 495 g/mol. The maximum Gasteiger partial charge on any atom is 0.229 e. The lowest BCUT2D eigenvalue weighted by Gasteiger charge is -2.45. The number of rotatable bonds is 5. The van der Waals surface area contributed by atoms with Gasteiger partial charge in [0.2, 0.25) is 5.91 Å². The number of piperazine rings is 1. The zero-order valence-corrected chi connectivity index (χ0v) is 21.5. The van der Waals surface area contributed by atoms with Crippen molar-refractivity contribution in [2.45, 2.75) is 51.2 Å². The first-order valence-corrected chi connectivity index (χ1v) is 13.5. The Bertz CT molecular complexity index is 1140. The summed E-state index contributed by atoms with van der Waals surface area (Å²) >= 11 is 0. The van der Waals surface area contributed by atoms with E-state index in [2.05, 4.69) is 46.1 Å². The van der Waals surface area contributed by atoms with E-state index in [1.165, 1.54) is 11.3 Å². The molecule has 1 spiro atoms. The van der Waals surface area contributed by atoms with Crippen molar-refractivity contribution in [3.8, 4) is 0 Å². The second-order valence-corrected chi connectivity index (χ2v) is 11.3. The monoisotopic (exact) mass is 494 g/mol. The number of carbonyl (C=O) groups is 1. The van der Waals surface area contributed by atoms with Gasteiger partial charge < -0.3 is 24.8 Å². The van der Waals surface area contributed by atoms with Gasteiger partial charge in [-0.2, -0.15) is 0 Å². The molecule has 4 aliphatic rings. The Labute approximate surface area is 212 Å². The van der Waals surface area contributed by atoms with Crippen molar-refractivity contribution < 1.29 is 19.4 Å². The van der Waals surface area contributed by atoms with Crippen LogP contribution in [0.15, 0.2) is 24.4 Å². The summed E-state index contributed by atoms with van der Waals surface area (Å²) in [4.78, 5) is 22.4. The number of pyridine rings is 1. The van der Waals surface area contributed by atoms with Crippen LogP contribution in [-0.4, -0.2) is 85.1 Å². The van der Waals surface area contributed by atoms with E-state index in [0.29, 0.717) is 19.0 Å². The Morgan fingerprint density at radius 3 is 2.61 bits per heavy atom. The van der Waals surface area contributed by atoms with E-state index in [1.54, 1.807) is 0 Å². The molecule has 4 heterocycles. The fourth-order valence-electron chi connectivity index (χ4n) is 6.55. The summed E-state index contributed by atoms with van der Waals surface area (Å²) in [6.07, 6.45) is 5.32. The van der Waals surface area contributed by atoms with Gasteiger partial charge in [0.15, 0.2) is 0 Å². The number of aryl methyl sites for hydroxylation is 1. The fraction of sp³-hybridized carbons (Fsp3) is 0.643. The number of aliphatic hydroxyl groups excluding tert-OH is 1. The minimum Gasteiger partial charge on any atom is -0.389 e. The zero-order valence-electron chi connectivity index (χ0n) is 21.5. The predicted molar refractivity (Wildman–Crippen MR) is 139 cm³/mol. The van der Waals surface area contributed by atoms with Crippen LogP contribution in [0.1, 0.15) is 38.7 Å². The topological polar surface area (TPSA) is 87.2 Å². The Morgan fingerprint density at radius 1 is 1.14 bits per heavy atom. The average Bonchev–Trinajstić information content (AvgIpc) is 3.48. The second kappa shape index (κ2) is 9.24. The van der Waals surface area contributed by atoms with Gasteiger partial charge in [0.25, 0.3) is 0 Å². The zero-order chi connectivity index (χ0) is 24.9. The molecular formula is C28H38N4O4. The molecule has 0 unspecified atom stereocenters. The number of anilines is 2. The minimum absolute atomic E-state index is 0.0823. The maximum atomic E-state index is 13.0. The predicted octanol–water partition coefficient (Wildman–Crippen LogP) is 2.82. The number of aromatic nitrogens is 1. The summed E-state index contributed by atoms with van der Waals surface area (Å²) in [5, 5.41) is 15.7. The molecule has 3 aliphatic heterocycles. The third kappa shape index (κ3) is 4.18. The number of aliphatic hydroxyl groups is 1. The first kappa shape index (κ1) is 24.1. The lowest BCUT2D eigenvalue weighted by atomic mass is 9.93. The molecule has 1 amide bonds. The van der Waals surface area contributed by atoms with Gasteiger partial charge in [-0.1, -0.05) is 6.92 Å². The van der Waals surface area contributed by atoms with Gasteiger partial charge in [0.1, 0.15) is 5.82 Å². The third-order valence-corrected chi connectivity index (χ3v) is 9.28. The maximum absolute atomic E-state index is 13.0. The standard InChI is InChI=1S/C28H38N4O4/c1-3-19-12-21-16-29-25(30-26(34)22-15-28(22)4-10-35-11-5-28)14-20(21)13-23(19)31-6-8-32(9-7-31)27(2)18-36-17-24(27)33/h12-14,16,22,24,33H,3-11,15,17-18H2,1-2H3,(H,29,30,34)/t22-,24+,27-/m0/s1. The number of hydrogen-bond donors (Lipinski definition) is 2. The van der Waals surface area contributed by atoms with Gasteiger partial charge in [-0.05, 0) is 67.2 Å². The van der Waals surface area contributed by atoms with Gasteiger partial charge in [0, 0.05) is 62.6 Å². The SMILES string of the molecule is CCc1cc2cnc(NC(=O)[C@@H]3CC34CCOCC4)cc2cc1N1CCN([C@@]2(C)COC[C@H]2O)CC1. The van der Waals surface area contributed by atoms with Gasteiger partial charge in [-0.25, -0.2) is 4.98 Å². The van der Waals surface area contributed by atoms with Crippen molar-refractivity contribution in [3.63, 3.8) is 0 Å². The van der Waals surface area contributed by atoms with Crippen molar-refractivity contribution >= 4 is 28.2 Å². The Hall–Kier alpha value is -2.26. The van der Waals surface area contributed by atoms with Crippen molar-refractivity contribution in [1.82, 2.24) is 9.88 Å². The molecule has 36 heavy (non-hydrogen) atoms. The molecule has 4 fully saturated rings. The van der Waals surface area contributed by atoms with Gasteiger partial charge in [-0.15, -0.1) is 0 Å². The molecule has 194 valence electrons. The van der Waals surface area contributed by atoms with Crippen molar-refractivity contribution in [3.05, 3.63) is 30.0 Å². The fourth-order valence-corrected chi connectivity index (χ4v) is 6.55. The molecule has 1 aromatic carbocycles. The minimum atomic E-state index is -0.436. The molecule has 1 saturated carbocycles. The van der Waals surface area contributed by atoms with Crippen molar-refractivity contribution in [1.29, 1.82) is 0 Å². The summed E-state index contributed by atoms with van der Waals surface area (Å²) in [6, 6.07) is 6.51. The summed E-state index contributed by atoms with van der Waals surface area (Å²) in [7, 11) is 0. The van der Waals surface area contributed by atoms with Crippen LogP contribution in [-0.2, 0) is 20.7 Å². The van der Waals surface area contributed by atoms with E-state index in [1.807, 2.05) is 12.3 Å². The molecule has 0 radical (unpaired) electrons. The number of fused-ring (bicyclic) bond motifs is 1. The quantitative estimate of drug-likeness (QED) is 0.661. The van der Waals surface area contributed by atoms with Crippen LogP contribution in [0.3, 0.4) is 0 Å². The number of nitrogens with one attached hydrogen (secondary N) is 1. The van der Waals surface area contributed by atoms with Gasteiger partial charge in [-0.3, -0.25) is 9.69 Å². The van der Waals surface area contributed by atoms with Gasteiger partial charge >= 0.3 is 0 Å². The highest BCUT2D eigenvalue weighted by Crippen LogP contribution is 2.59. The highest BCUT2D eigenvalue weighted by atomic mass is 16.5. The molecule has 3 atom stereocenters. The van der Waals surface area contributed by atoms with Crippen LogP contribution in [0.2, 0.25) is 0 Å². The normalized spacial score (nSPS) is 30.1. The number of hydrogen-bond acceptors (Lipinski definition) is 7. The molecule has 2 N–H and O–H groups in total. The lowest BCUT2D eigenvalue weighted by molar-refractivity contribution is -0.118.